The van der Waals surface area contributed by atoms with Crippen LogP contribution in [0.3, 0.4) is 0 Å². The van der Waals surface area contributed by atoms with Crippen molar-refractivity contribution >= 4 is 28.6 Å². The van der Waals surface area contributed by atoms with Gasteiger partial charge in [0.1, 0.15) is 5.56 Å². The SMILES string of the molecule is CCOC(=O)c1cnc2c(c(C)nn2C)c1N1CCCC(C(=O)NC)C1. The number of pyridine rings is 1. The van der Waals surface area contributed by atoms with Crippen molar-refractivity contribution in [3.63, 3.8) is 0 Å². The van der Waals surface area contributed by atoms with E-state index in [0.717, 1.165) is 36.2 Å². The number of piperidine rings is 1. The Kier molecular flexibility index (Phi) is 5.11. The maximum Gasteiger partial charge on any atom is 0.341 e. The van der Waals surface area contributed by atoms with Crippen molar-refractivity contribution in [1.82, 2.24) is 20.1 Å². The molecule has 1 N–H and O–H groups in total. The molecule has 140 valence electrons. The highest BCUT2D eigenvalue weighted by molar-refractivity contribution is 6.05. The van der Waals surface area contributed by atoms with E-state index in [1.807, 2.05) is 14.0 Å². The van der Waals surface area contributed by atoms with Crippen LogP contribution in [0.25, 0.3) is 11.0 Å². The molecule has 2 aromatic rings. The van der Waals surface area contributed by atoms with Gasteiger partial charge in [-0.3, -0.25) is 9.48 Å². The largest absolute Gasteiger partial charge is 0.462 e. The number of nitrogens with zero attached hydrogens (tertiary/aromatic N) is 4. The van der Waals surface area contributed by atoms with Crippen molar-refractivity contribution in [2.45, 2.75) is 26.7 Å². The summed E-state index contributed by atoms with van der Waals surface area (Å²) < 4.78 is 6.95. The summed E-state index contributed by atoms with van der Waals surface area (Å²) in [6, 6.07) is 0. The molecule has 1 aliphatic heterocycles. The second kappa shape index (κ2) is 7.31. The number of rotatable bonds is 4. The van der Waals surface area contributed by atoms with Crippen LogP contribution in [0.1, 0.15) is 35.8 Å². The van der Waals surface area contributed by atoms with Crippen molar-refractivity contribution in [3.05, 3.63) is 17.5 Å². The number of anilines is 1. The molecular formula is C18H25N5O3. The highest BCUT2D eigenvalue weighted by Crippen LogP contribution is 2.35. The van der Waals surface area contributed by atoms with Gasteiger partial charge in [-0.15, -0.1) is 0 Å². The van der Waals surface area contributed by atoms with Crippen molar-refractivity contribution in [3.8, 4) is 0 Å². The number of nitrogens with one attached hydrogen (secondary N) is 1. The minimum absolute atomic E-state index is 0.0283. The van der Waals surface area contributed by atoms with E-state index in [0.29, 0.717) is 24.4 Å². The Labute approximate surface area is 152 Å². The van der Waals surface area contributed by atoms with Gasteiger partial charge >= 0.3 is 5.97 Å². The van der Waals surface area contributed by atoms with Gasteiger partial charge in [0.05, 0.1) is 29.3 Å². The Morgan fingerprint density at radius 1 is 1.42 bits per heavy atom. The number of carbonyl (C=O) groups excluding carboxylic acids is 2. The fraction of sp³-hybridized carbons (Fsp3) is 0.556. The minimum Gasteiger partial charge on any atom is -0.462 e. The number of hydrogen-bond donors (Lipinski definition) is 1. The van der Waals surface area contributed by atoms with Crippen LogP contribution in [-0.4, -0.2) is 53.4 Å². The number of aryl methyl sites for hydroxylation is 2. The lowest BCUT2D eigenvalue weighted by Gasteiger charge is -2.34. The molecule has 0 aliphatic carbocycles. The first-order valence-corrected chi connectivity index (χ1v) is 8.93. The third-order valence-electron chi connectivity index (χ3n) is 4.85. The molecule has 1 unspecified atom stereocenters. The third kappa shape index (κ3) is 3.11. The summed E-state index contributed by atoms with van der Waals surface area (Å²) in [5.74, 6) is -0.480. The van der Waals surface area contributed by atoms with Gasteiger partial charge in [0.2, 0.25) is 5.91 Å². The molecule has 1 aliphatic rings. The molecule has 8 heteroatoms. The Morgan fingerprint density at radius 3 is 2.88 bits per heavy atom. The first-order valence-electron chi connectivity index (χ1n) is 8.93. The number of hydrogen-bond acceptors (Lipinski definition) is 6. The first-order chi connectivity index (χ1) is 12.5. The molecule has 3 rings (SSSR count). The summed E-state index contributed by atoms with van der Waals surface area (Å²) in [6.45, 7) is 5.31. The zero-order chi connectivity index (χ0) is 18.8. The summed E-state index contributed by atoms with van der Waals surface area (Å²) in [7, 11) is 3.49. The van der Waals surface area contributed by atoms with Gasteiger partial charge in [-0.05, 0) is 26.7 Å². The van der Waals surface area contributed by atoms with Gasteiger partial charge in [-0.25, -0.2) is 9.78 Å². The predicted molar refractivity (Wildman–Crippen MR) is 98.2 cm³/mol. The lowest BCUT2D eigenvalue weighted by molar-refractivity contribution is -0.124. The quantitative estimate of drug-likeness (QED) is 0.831. The Morgan fingerprint density at radius 2 is 2.19 bits per heavy atom. The van der Waals surface area contributed by atoms with Gasteiger partial charge in [-0.1, -0.05) is 0 Å². The van der Waals surface area contributed by atoms with Gasteiger partial charge in [-0.2, -0.15) is 5.10 Å². The summed E-state index contributed by atoms with van der Waals surface area (Å²) in [5.41, 5.74) is 2.71. The number of carbonyl (C=O) groups is 2. The Hall–Kier alpha value is -2.64. The van der Waals surface area contributed by atoms with Crippen molar-refractivity contribution in [2.75, 3.05) is 31.6 Å². The normalized spacial score (nSPS) is 17.4. The van der Waals surface area contributed by atoms with Crippen LogP contribution < -0.4 is 10.2 Å². The molecule has 1 saturated heterocycles. The number of ether oxygens (including phenoxy) is 1. The lowest BCUT2D eigenvalue weighted by Crippen LogP contribution is -2.42. The topological polar surface area (TPSA) is 89.3 Å². The van der Waals surface area contributed by atoms with Gasteiger partial charge in [0.25, 0.3) is 0 Å². The molecule has 0 aromatic carbocycles. The molecule has 8 nitrogen and oxygen atoms in total. The molecule has 1 atom stereocenters. The van der Waals surface area contributed by atoms with Crippen molar-refractivity contribution in [2.24, 2.45) is 13.0 Å². The number of amides is 1. The third-order valence-corrected chi connectivity index (χ3v) is 4.85. The van der Waals surface area contributed by atoms with E-state index in [9.17, 15) is 9.59 Å². The summed E-state index contributed by atoms with van der Waals surface area (Å²) in [4.78, 5) is 31.2. The summed E-state index contributed by atoms with van der Waals surface area (Å²) >= 11 is 0. The second-order valence-electron chi connectivity index (χ2n) is 6.55. The second-order valence-corrected chi connectivity index (χ2v) is 6.55. The van der Waals surface area contributed by atoms with Crippen molar-refractivity contribution in [1.29, 1.82) is 0 Å². The van der Waals surface area contributed by atoms with E-state index in [1.54, 1.807) is 24.9 Å². The van der Waals surface area contributed by atoms with Crippen LogP contribution in [0, 0.1) is 12.8 Å². The average molecular weight is 359 g/mol. The molecule has 2 aromatic heterocycles. The predicted octanol–water partition coefficient (Wildman–Crippen LogP) is 1.42. The highest BCUT2D eigenvalue weighted by atomic mass is 16.5. The number of aromatic nitrogens is 3. The molecule has 26 heavy (non-hydrogen) atoms. The molecular weight excluding hydrogens is 334 g/mol. The van der Waals surface area contributed by atoms with E-state index >= 15 is 0 Å². The monoisotopic (exact) mass is 359 g/mol. The molecule has 1 fully saturated rings. The maximum atomic E-state index is 12.5. The van der Waals surface area contributed by atoms with E-state index in [2.05, 4.69) is 20.3 Å². The van der Waals surface area contributed by atoms with Crippen LogP contribution in [0.15, 0.2) is 6.20 Å². The standard InChI is InChI=1S/C18H25N5O3/c1-5-26-18(25)13-9-20-16-14(11(2)21-22(16)4)15(13)23-8-6-7-12(10-23)17(24)19-3/h9,12H,5-8,10H2,1-4H3,(H,19,24). The van der Waals surface area contributed by atoms with Crippen LogP contribution in [0.5, 0.6) is 0 Å². The molecule has 1 amide bonds. The number of fused-ring (bicyclic) bond motifs is 1. The lowest BCUT2D eigenvalue weighted by atomic mass is 9.95. The van der Waals surface area contributed by atoms with Crippen LogP contribution in [0.2, 0.25) is 0 Å². The first kappa shape index (κ1) is 18.2. The van der Waals surface area contributed by atoms with Crippen molar-refractivity contribution < 1.29 is 14.3 Å². The van der Waals surface area contributed by atoms with Crippen LogP contribution in [0.4, 0.5) is 5.69 Å². The molecule has 3 heterocycles. The van der Waals surface area contributed by atoms with Crippen LogP contribution >= 0.6 is 0 Å². The fourth-order valence-electron chi connectivity index (χ4n) is 3.68. The molecule has 0 saturated carbocycles. The smallest absolute Gasteiger partial charge is 0.341 e. The summed E-state index contributed by atoms with van der Waals surface area (Å²) in [6.07, 6.45) is 3.27. The minimum atomic E-state index is -0.401. The van der Waals surface area contributed by atoms with Crippen LogP contribution in [-0.2, 0) is 16.6 Å². The number of esters is 1. The average Bonchev–Trinajstić information content (AvgIpc) is 2.94. The Balaban J connectivity index is 2.13. The van der Waals surface area contributed by atoms with E-state index in [1.165, 1.54) is 0 Å². The van der Waals surface area contributed by atoms with E-state index < -0.39 is 5.97 Å². The van der Waals surface area contributed by atoms with Gasteiger partial charge in [0.15, 0.2) is 5.65 Å². The van der Waals surface area contributed by atoms with E-state index in [4.69, 9.17) is 4.74 Å². The zero-order valence-electron chi connectivity index (χ0n) is 15.7. The maximum absolute atomic E-state index is 12.5. The van der Waals surface area contributed by atoms with Gasteiger partial charge in [0, 0.05) is 33.4 Å². The Bertz CT molecular complexity index is 845. The van der Waals surface area contributed by atoms with Gasteiger partial charge < -0.3 is 15.0 Å². The highest BCUT2D eigenvalue weighted by Gasteiger charge is 2.30. The molecule has 0 spiro atoms. The summed E-state index contributed by atoms with van der Waals surface area (Å²) in [5, 5.41) is 8.03. The molecule has 0 radical (unpaired) electrons. The zero-order valence-corrected chi connectivity index (χ0v) is 15.7. The van der Waals surface area contributed by atoms with E-state index in [-0.39, 0.29) is 11.8 Å². The molecule has 0 bridgehead atoms. The fourth-order valence-corrected chi connectivity index (χ4v) is 3.68.